The van der Waals surface area contributed by atoms with Crippen molar-refractivity contribution in [2.45, 2.75) is 8.68 Å². The van der Waals surface area contributed by atoms with E-state index in [0.717, 1.165) is 10.1 Å². The molecular formula is C5H6N2S3. The van der Waals surface area contributed by atoms with E-state index in [2.05, 4.69) is 29.4 Å². The highest BCUT2D eigenvalue weighted by Gasteiger charge is 1.98. The van der Waals surface area contributed by atoms with Crippen molar-refractivity contribution >= 4 is 35.7 Å². The van der Waals surface area contributed by atoms with Crippen molar-refractivity contribution in [3.63, 3.8) is 0 Å². The summed E-state index contributed by atoms with van der Waals surface area (Å²) in [5.74, 6) is 0.877. The molecule has 0 aliphatic heterocycles. The lowest BCUT2D eigenvalue weighted by Gasteiger charge is -1.84. The Labute approximate surface area is 73.2 Å². The maximum absolute atomic E-state index is 4.03. The van der Waals surface area contributed by atoms with Gasteiger partial charge in [-0.15, -0.1) is 29.4 Å². The molecule has 0 atom stereocenters. The molecule has 0 aliphatic rings. The number of thioether (sulfide) groups is 1. The van der Waals surface area contributed by atoms with Gasteiger partial charge in [0, 0.05) is 5.75 Å². The van der Waals surface area contributed by atoms with Crippen molar-refractivity contribution in [3.8, 4) is 0 Å². The molecule has 0 aliphatic carbocycles. The highest BCUT2D eigenvalue weighted by Crippen LogP contribution is 2.23. The van der Waals surface area contributed by atoms with E-state index in [9.17, 15) is 0 Å². The Balaban J connectivity index is 2.49. The number of hydrogen-bond acceptors (Lipinski definition) is 5. The van der Waals surface area contributed by atoms with Gasteiger partial charge in [0.25, 0.3) is 0 Å². The molecule has 0 unspecified atom stereocenters. The molecule has 1 heterocycles. The highest BCUT2D eigenvalue weighted by molar-refractivity contribution is 8.01. The van der Waals surface area contributed by atoms with Crippen molar-refractivity contribution < 1.29 is 0 Å². The maximum Gasteiger partial charge on any atom is 0.175 e. The summed E-state index contributed by atoms with van der Waals surface area (Å²) in [5.41, 5.74) is 0. The van der Waals surface area contributed by atoms with Crippen LogP contribution in [0.2, 0.25) is 0 Å². The normalized spacial score (nSPS) is 9.70. The van der Waals surface area contributed by atoms with Crippen LogP contribution in [-0.4, -0.2) is 16.0 Å². The predicted molar refractivity (Wildman–Crippen MR) is 48.1 cm³/mol. The van der Waals surface area contributed by atoms with Gasteiger partial charge < -0.3 is 0 Å². The smallest absolute Gasteiger partial charge is 0.131 e. The number of nitrogens with zero attached hydrogens (tertiary/aromatic N) is 2. The van der Waals surface area contributed by atoms with E-state index < -0.39 is 0 Å². The molecule has 1 rings (SSSR count). The van der Waals surface area contributed by atoms with Crippen LogP contribution in [0.5, 0.6) is 0 Å². The van der Waals surface area contributed by atoms with Gasteiger partial charge in [0.1, 0.15) is 0 Å². The molecule has 0 aromatic carbocycles. The fraction of sp³-hybridized carbons (Fsp3) is 0.200. The third-order valence-electron chi connectivity index (χ3n) is 0.720. The molecule has 54 valence electrons. The lowest BCUT2D eigenvalue weighted by Crippen LogP contribution is -1.71. The van der Waals surface area contributed by atoms with Crippen LogP contribution in [0.3, 0.4) is 0 Å². The van der Waals surface area contributed by atoms with Gasteiger partial charge in [-0.3, -0.25) is 0 Å². The molecule has 1 aromatic heterocycles. The Morgan fingerprint density at radius 3 is 3.00 bits per heavy atom. The monoisotopic (exact) mass is 190 g/mol. The third-order valence-corrected chi connectivity index (χ3v) is 2.94. The standard InChI is InChI=1S/C5H6N2S3/c1-2-3-9-5-7-6-4(8)10-5/h2H,1,3H2,(H,6,8). The highest BCUT2D eigenvalue weighted by atomic mass is 32.2. The lowest BCUT2D eigenvalue weighted by atomic mass is 10.8. The average Bonchev–Trinajstić information content (AvgIpc) is 2.31. The van der Waals surface area contributed by atoms with Gasteiger partial charge in [0.15, 0.2) is 8.68 Å². The van der Waals surface area contributed by atoms with E-state index in [1.165, 1.54) is 11.3 Å². The van der Waals surface area contributed by atoms with Crippen LogP contribution in [-0.2, 0) is 0 Å². The Kier molecular flexibility index (Phi) is 3.24. The zero-order chi connectivity index (χ0) is 7.40. The van der Waals surface area contributed by atoms with Crippen LogP contribution in [0.15, 0.2) is 21.3 Å². The summed E-state index contributed by atoms with van der Waals surface area (Å²) in [5, 5.41) is 7.61. The Morgan fingerprint density at radius 1 is 1.70 bits per heavy atom. The molecule has 0 radical (unpaired) electrons. The van der Waals surface area contributed by atoms with Gasteiger partial charge in [0.05, 0.1) is 0 Å². The first-order chi connectivity index (χ1) is 4.83. The molecule has 0 spiro atoms. The molecule has 0 saturated heterocycles. The van der Waals surface area contributed by atoms with Crippen molar-refractivity contribution in [3.05, 3.63) is 12.7 Å². The summed E-state index contributed by atoms with van der Waals surface area (Å²) >= 11 is 7.14. The fourth-order valence-electron chi connectivity index (χ4n) is 0.391. The van der Waals surface area contributed by atoms with E-state index in [1.807, 2.05) is 6.08 Å². The lowest BCUT2D eigenvalue weighted by molar-refractivity contribution is 0.958. The second-order valence-corrected chi connectivity index (χ2v) is 4.42. The van der Waals surface area contributed by atoms with Gasteiger partial charge in [-0.05, 0) is 0 Å². The topological polar surface area (TPSA) is 25.8 Å². The Morgan fingerprint density at radius 2 is 2.50 bits per heavy atom. The molecule has 2 nitrogen and oxygen atoms in total. The molecule has 0 saturated carbocycles. The van der Waals surface area contributed by atoms with E-state index in [0.29, 0.717) is 4.34 Å². The van der Waals surface area contributed by atoms with E-state index in [-0.39, 0.29) is 0 Å². The third kappa shape index (κ3) is 2.32. The van der Waals surface area contributed by atoms with Crippen LogP contribution in [0.4, 0.5) is 0 Å². The summed E-state index contributed by atoms with van der Waals surface area (Å²) in [6, 6.07) is 0. The Bertz CT molecular complexity index is 220. The van der Waals surface area contributed by atoms with Crippen LogP contribution >= 0.6 is 35.7 Å². The first-order valence-corrected chi connectivity index (χ1v) is 4.84. The summed E-state index contributed by atoms with van der Waals surface area (Å²) in [6.07, 6.45) is 1.84. The first kappa shape index (κ1) is 8.10. The predicted octanol–water partition coefficient (Wildman–Crippen LogP) is 2.10. The SMILES string of the molecule is C=CCSc1nnc(S)s1. The van der Waals surface area contributed by atoms with Crippen molar-refractivity contribution in [1.82, 2.24) is 10.2 Å². The molecule has 0 bridgehead atoms. The van der Waals surface area contributed by atoms with Crippen LogP contribution in [0.1, 0.15) is 0 Å². The van der Waals surface area contributed by atoms with Gasteiger partial charge in [-0.1, -0.05) is 29.2 Å². The fourth-order valence-corrected chi connectivity index (χ4v) is 2.24. The van der Waals surface area contributed by atoms with Gasteiger partial charge in [0.2, 0.25) is 0 Å². The summed E-state index contributed by atoms with van der Waals surface area (Å²) in [6.45, 7) is 3.60. The van der Waals surface area contributed by atoms with Gasteiger partial charge in [-0.25, -0.2) is 0 Å². The largest absolute Gasteiger partial charge is 0.175 e. The molecule has 10 heavy (non-hydrogen) atoms. The van der Waals surface area contributed by atoms with Gasteiger partial charge in [-0.2, -0.15) is 0 Å². The number of thiol groups is 1. The first-order valence-electron chi connectivity index (χ1n) is 2.59. The quantitative estimate of drug-likeness (QED) is 0.449. The molecule has 5 heteroatoms. The molecule has 0 N–H and O–H groups in total. The van der Waals surface area contributed by atoms with Crippen molar-refractivity contribution in [2.75, 3.05) is 5.75 Å². The Hall–Kier alpha value is -0.0000000000000000833. The van der Waals surface area contributed by atoms with Gasteiger partial charge >= 0.3 is 0 Å². The second kappa shape index (κ2) is 4.00. The zero-order valence-corrected chi connectivity index (χ0v) is 7.68. The van der Waals surface area contributed by atoms with E-state index in [1.54, 1.807) is 11.8 Å². The maximum atomic E-state index is 4.03. The molecule has 0 fully saturated rings. The summed E-state index contributed by atoms with van der Waals surface area (Å²) in [4.78, 5) is 0. The minimum atomic E-state index is 0.714. The van der Waals surface area contributed by atoms with Crippen LogP contribution < -0.4 is 0 Å². The molecule has 0 amide bonds. The zero-order valence-electron chi connectivity index (χ0n) is 5.15. The van der Waals surface area contributed by atoms with Crippen molar-refractivity contribution in [1.29, 1.82) is 0 Å². The van der Waals surface area contributed by atoms with E-state index in [4.69, 9.17) is 0 Å². The number of aromatic nitrogens is 2. The number of hydrogen-bond donors (Lipinski definition) is 1. The summed E-state index contributed by atoms with van der Waals surface area (Å²) < 4.78 is 1.66. The molecule has 1 aromatic rings. The average molecular weight is 190 g/mol. The summed E-state index contributed by atoms with van der Waals surface area (Å²) in [7, 11) is 0. The van der Waals surface area contributed by atoms with Crippen LogP contribution in [0.25, 0.3) is 0 Å². The van der Waals surface area contributed by atoms with Crippen LogP contribution in [0, 0.1) is 0 Å². The minimum Gasteiger partial charge on any atom is -0.131 e. The molecular weight excluding hydrogens is 184 g/mol. The minimum absolute atomic E-state index is 0.714. The second-order valence-electron chi connectivity index (χ2n) is 1.45. The van der Waals surface area contributed by atoms with E-state index >= 15 is 0 Å². The number of rotatable bonds is 3. The van der Waals surface area contributed by atoms with Crippen molar-refractivity contribution in [2.24, 2.45) is 0 Å².